The van der Waals surface area contributed by atoms with Gasteiger partial charge in [-0.05, 0) is 18.8 Å². The predicted molar refractivity (Wildman–Crippen MR) is 48.8 cm³/mol. The SMILES string of the molecule is CC(C)C(N)CNC1(C(F)(F)F)CC1. The Morgan fingerprint density at radius 3 is 2.14 bits per heavy atom. The fourth-order valence-electron chi connectivity index (χ4n) is 1.23. The molecule has 1 atom stereocenters. The van der Waals surface area contributed by atoms with E-state index >= 15 is 0 Å². The normalized spacial score (nSPS) is 22.5. The Balaban J connectivity index is 2.39. The molecule has 0 saturated heterocycles. The molecule has 0 amide bonds. The molecule has 0 aliphatic heterocycles. The maximum Gasteiger partial charge on any atom is 0.406 e. The van der Waals surface area contributed by atoms with E-state index in [1.807, 2.05) is 13.8 Å². The lowest BCUT2D eigenvalue weighted by molar-refractivity contribution is -0.166. The van der Waals surface area contributed by atoms with Crippen LogP contribution in [0.2, 0.25) is 0 Å². The molecule has 0 aromatic heterocycles. The third kappa shape index (κ3) is 2.39. The van der Waals surface area contributed by atoms with Crippen molar-refractivity contribution in [3.63, 3.8) is 0 Å². The molecule has 3 N–H and O–H groups in total. The van der Waals surface area contributed by atoms with Crippen LogP contribution in [0.1, 0.15) is 26.7 Å². The van der Waals surface area contributed by atoms with Crippen molar-refractivity contribution < 1.29 is 13.2 Å². The van der Waals surface area contributed by atoms with Crippen LogP contribution in [0.4, 0.5) is 13.2 Å². The second kappa shape index (κ2) is 3.70. The maximum atomic E-state index is 12.4. The van der Waals surface area contributed by atoms with Crippen molar-refractivity contribution in [1.29, 1.82) is 0 Å². The molecule has 2 nitrogen and oxygen atoms in total. The summed E-state index contributed by atoms with van der Waals surface area (Å²) >= 11 is 0. The van der Waals surface area contributed by atoms with Crippen molar-refractivity contribution in [3.8, 4) is 0 Å². The highest BCUT2D eigenvalue weighted by Gasteiger charge is 2.63. The van der Waals surface area contributed by atoms with Gasteiger partial charge in [-0.1, -0.05) is 13.8 Å². The Morgan fingerprint density at radius 2 is 1.86 bits per heavy atom. The van der Waals surface area contributed by atoms with Gasteiger partial charge >= 0.3 is 6.18 Å². The minimum Gasteiger partial charge on any atom is -0.326 e. The monoisotopic (exact) mass is 210 g/mol. The summed E-state index contributed by atoms with van der Waals surface area (Å²) in [5.41, 5.74) is 4.04. The number of rotatable bonds is 4. The molecular formula is C9H17F3N2. The lowest BCUT2D eigenvalue weighted by Gasteiger charge is -2.24. The average Bonchev–Trinajstić information content (AvgIpc) is 2.78. The molecule has 1 aliphatic rings. The van der Waals surface area contributed by atoms with Gasteiger partial charge in [-0.25, -0.2) is 0 Å². The first-order valence-corrected chi connectivity index (χ1v) is 4.86. The summed E-state index contributed by atoms with van der Waals surface area (Å²) in [6.45, 7) is 4.04. The van der Waals surface area contributed by atoms with Gasteiger partial charge in [0.15, 0.2) is 0 Å². The number of nitrogens with one attached hydrogen (secondary N) is 1. The van der Waals surface area contributed by atoms with Crippen molar-refractivity contribution in [3.05, 3.63) is 0 Å². The topological polar surface area (TPSA) is 38.0 Å². The molecular weight excluding hydrogens is 193 g/mol. The van der Waals surface area contributed by atoms with Crippen molar-refractivity contribution >= 4 is 0 Å². The predicted octanol–water partition coefficient (Wildman–Crippen LogP) is 1.65. The first kappa shape index (κ1) is 11.8. The smallest absolute Gasteiger partial charge is 0.326 e. The lowest BCUT2D eigenvalue weighted by Crippen LogP contribution is -2.50. The summed E-state index contributed by atoms with van der Waals surface area (Å²) in [7, 11) is 0. The van der Waals surface area contributed by atoms with Crippen LogP contribution in [0.5, 0.6) is 0 Å². The van der Waals surface area contributed by atoms with E-state index in [1.54, 1.807) is 0 Å². The molecule has 1 saturated carbocycles. The number of alkyl halides is 3. The minimum absolute atomic E-state index is 0.182. The Bertz CT molecular complexity index is 197. The molecule has 0 spiro atoms. The molecule has 0 aromatic rings. The van der Waals surface area contributed by atoms with E-state index in [9.17, 15) is 13.2 Å². The molecule has 1 rings (SSSR count). The standard InChI is InChI=1S/C9H17F3N2/c1-6(2)7(13)5-14-8(3-4-8)9(10,11)12/h6-7,14H,3-5,13H2,1-2H3. The Hall–Kier alpha value is -0.290. The summed E-state index contributed by atoms with van der Waals surface area (Å²) in [5, 5.41) is 2.54. The van der Waals surface area contributed by atoms with E-state index in [4.69, 9.17) is 5.73 Å². The van der Waals surface area contributed by atoms with Gasteiger partial charge in [0.25, 0.3) is 0 Å². The van der Waals surface area contributed by atoms with E-state index in [-0.39, 0.29) is 31.3 Å². The van der Waals surface area contributed by atoms with Crippen LogP contribution in [-0.2, 0) is 0 Å². The molecule has 1 unspecified atom stereocenters. The maximum absolute atomic E-state index is 12.4. The fourth-order valence-corrected chi connectivity index (χ4v) is 1.23. The van der Waals surface area contributed by atoms with E-state index in [0.717, 1.165) is 0 Å². The van der Waals surface area contributed by atoms with Crippen LogP contribution >= 0.6 is 0 Å². The van der Waals surface area contributed by atoms with Crippen molar-refractivity contribution in [2.45, 2.75) is 44.4 Å². The molecule has 84 valence electrons. The summed E-state index contributed by atoms with van der Waals surface area (Å²) in [4.78, 5) is 0. The molecule has 14 heavy (non-hydrogen) atoms. The quantitative estimate of drug-likeness (QED) is 0.740. The van der Waals surface area contributed by atoms with Gasteiger partial charge in [0.1, 0.15) is 5.54 Å². The van der Waals surface area contributed by atoms with Gasteiger partial charge in [-0.15, -0.1) is 0 Å². The van der Waals surface area contributed by atoms with Crippen molar-refractivity contribution in [2.24, 2.45) is 11.7 Å². The minimum atomic E-state index is -4.14. The first-order valence-electron chi connectivity index (χ1n) is 4.86. The molecule has 0 bridgehead atoms. The Kier molecular flexibility index (Phi) is 3.11. The van der Waals surface area contributed by atoms with Crippen LogP contribution < -0.4 is 11.1 Å². The summed E-state index contributed by atoms with van der Waals surface area (Å²) in [6.07, 6.45) is -3.77. The lowest BCUT2D eigenvalue weighted by atomic mass is 10.1. The second-order valence-electron chi connectivity index (χ2n) is 4.37. The van der Waals surface area contributed by atoms with Crippen molar-refractivity contribution in [2.75, 3.05) is 6.54 Å². The fraction of sp³-hybridized carbons (Fsp3) is 1.00. The average molecular weight is 210 g/mol. The van der Waals surface area contributed by atoms with Gasteiger partial charge in [0.05, 0.1) is 0 Å². The number of halogens is 3. The highest BCUT2D eigenvalue weighted by molar-refractivity contribution is 5.08. The number of nitrogens with two attached hydrogens (primary N) is 1. The Labute approximate surface area is 82.0 Å². The molecule has 0 radical (unpaired) electrons. The van der Waals surface area contributed by atoms with Crippen molar-refractivity contribution in [1.82, 2.24) is 5.32 Å². The highest BCUT2D eigenvalue weighted by atomic mass is 19.4. The molecule has 0 aromatic carbocycles. The molecule has 5 heteroatoms. The van der Waals surface area contributed by atoms with E-state index < -0.39 is 11.7 Å². The van der Waals surface area contributed by atoms with Gasteiger partial charge in [-0.3, -0.25) is 0 Å². The first-order chi connectivity index (χ1) is 6.28. The van der Waals surface area contributed by atoms with Gasteiger partial charge in [0, 0.05) is 12.6 Å². The zero-order valence-electron chi connectivity index (χ0n) is 8.49. The summed E-state index contributed by atoms with van der Waals surface area (Å²) < 4.78 is 37.3. The van der Waals surface area contributed by atoms with Gasteiger partial charge < -0.3 is 11.1 Å². The van der Waals surface area contributed by atoms with Gasteiger partial charge in [0.2, 0.25) is 0 Å². The molecule has 1 fully saturated rings. The van der Waals surface area contributed by atoms with E-state index in [0.29, 0.717) is 0 Å². The summed E-state index contributed by atoms with van der Waals surface area (Å²) in [6, 6.07) is -0.213. The van der Waals surface area contributed by atoms with Crippen LogP contribution in [0.15, 0.2) is 0 Å². The highest BCUT2D eigenvalue weighted by Crippen LogP contribution is 2.48. The zero-order valence-corrected chi connectivity index (χ0v) is 8.49. The van der Waals surface area contributed by atoms with Crippen LogP contribution in [0.25, 0.3) is 0 Å². The van der Waals surface area contributed by atoms with Crippen LogP contribution in [0, 0.1) is 5.92 Å². The zero-order chi connectivity index (χ0) is 11.0. The van der Waals surface area contributed by atoms with E-state index in [1.165, 1.54) is 0 Å². The van der Waals surface area contributed by atoms with Gasteiger partial charge in [-0.2, -0.15) is 13.2 Å². The van der Waals surface area contributed by atoms with Crippen LogP contribution in [0.3, 0.4) is 0 Å². The summed E-state index contributed by atoms with van der Waals surface area (Å²) in [5.74, 6) is 0.200. The Morgan fingerprint density at radius 1 is 1.36 bits per heavy atom. The van der Waals surface area contributed by atoms with E-state index in [2.05, 4.69) is 5.32 Å². The third-order valence-electron chi connectivity index (χ3n) is 2.83. The molecule has 0 heterocycles. The number of hydrogen-bond donors (Lipinski definition) is 2. The third-order valence-corrected chi connectivity index (χ3v) is 2.83. The number of hydrogen-bond acceptors (Lipinski definition) is 2. The van der Waals surface area contributed by atoms with Crippen LogP contribution in [-0.4, -0.2) is 24.3 Å². The second-order valence-corrected chi connectivity index (χ2v) is 4.37. The molecule has 1 aliphatic carbocycles. The largest absolute Gasteiger partial charge is 0.406 e.